The van der Waals surface area contributed by atoms with E-state index in [9.17, 15) is 0 Å². The average molecular weight is 252 g/mol. The Bertz CT molecular complexity index is 231. The molecule has 0 aromatic rings. The Morgan fingerprint density at radius 2 is 1.67 bits per heavy atom. The van der Waals surface area contributed by atoms with Gasteiger partial charge in [0.05, 0.1) is 0 Å². The fourth-order valence-corrected chi connectivity index (χ4v) is 4.00. The Hall–Kier alpha value is -0.0800. The first-order valence-corrected chi connectivity index (χ1v) is 8.17. The van der Waals surface area contributed by atoms with Crippen molar-refractivity contribution in [2.75, 3.05) is 19.6 Å². The van der Waals surface area contributed by atoms with Gasteiger partial charge in [0, 0.05) is 12.6 Å². The van der Waals surface area contributed by atoms with E-state index in [0.29, 0.717) is 11.5 Å². The maximum Gasteiger partial charge on any atom is 0.0196 e. The second-order valence-corrected chi connectivity index (χ2v) is 6.72. The Labute approximate surface area is 113 Å². The zero-order valence-electron chi connectivity index (χ0n) is 12.5. The van der Waals surface area contributed by atoms with Crippen molar-refractivity contribution < 1.29 is 0 Å². The number of rotatable bonds is 5. The van der Waals surface area contributed by atoms with Crippen LogP contribution in [-0.2, 0) is 0 Å². The van der Waals surface area contributed by atoms with Crippen LogP contribution in [0.25, 0.3) is 0 Å². The largest absolute Gasteiger partial charge is 0.326 e. The van der Waals surface area contributed by atoms with Crippen molar-refractivity contribution in [1.82, 2.24) is 4.90 Å². The van der Waals surface area contributed by atoms with Gasteiger partial charge in [0.15, 0.2) is 0 Å². The highest BCUT2D eigenvalue weighted by Gasteiger charge is 2.32. The van der Waals surface area contributed by atoms with Crippen LogP contribution in [0.15, 0.2) is 0 Å². The third-order valence-electron chi connectivity index (χ3n) is 5.89. The van der Waals surface area contributed by atoms with Crippen molar-refractivity contribution in [1.29, 1.82) is 0 Å². The van der Waals surface area contributed by atoms with Gasteiger partial charge in [0.25, 0.3) is 0 Å². The summed E-state index contributed by atoms with van der Waals surface area (Å²) in [6.45, 7) is 8.44. The number of hydrogen-bond acceptors (Lipinski definition) is 2. The Balaban J connectivity index is 1.76. The predicted molar refractivity (Wildman–Crippen MR) is 78.6 cm³/mol. The summed E-state index contributed by atoms with van der Waals surface area (Å²) in [6, 6.07) is 0.434. The maximum absolute atomic E-state index is 6.40. The van der Waals surface area contributed by atoms with Crippen molar-refractivity contribution in [2.24, 2.45) is 17.1 Å². The monoisotopic (exact) mass is 252 g/mol. The van der Waals surface area contributed by atoms with Crippen LogP contribution in [0.2, 0.25) is 0 Å². The van der Waals surface area contributed by atoms with E-state index in [1.165, 1.54) is 64.5 Å². The minimum absolute atomic E-state index is 0.434. The summed E-state index contributed by atoms with van der Waals surface area (Å²) in [6.07, 6.45) is 11.1. The number of hydrogen-bond donors (Lipinski definition) is 1. The number of nitrogens with two attached hydrogens (primary N) is 1. The highest BCUT2D eigenvalue weighted by Crippen LogP contribution is 2.38. The molecule has 1 aliphatic heterocycles. The summed E-state index contributed by atoms with van der Waals surface area (Å²) >= 11 is 0. The van der Waals surface area contributed by atoms with Gasteiger partial charge < -0.3 is 10.6 Å². The Kier molecular flexibility index (Phi) is 5.08. The van der Waals surface area contributed by atoms with E-state index in [-0.39, 0.29) is 0 Å². The number of piperidine rings is 1. The smallest absolute Gasteiger partial charge is 0.0196 e. The van der Waals surface area contributed by atoms with Crippen LogP contribution < -0.4 is 5.73 Å². The molecular weight excluding hydrogens is 220 g/mol. The number of likely N-dealkylation sites (tertiary alicyclic amines) is 1. The molecule has 2 N–H and O–H groups in total. The molecule has 1 saturated heterocycles. The van der Waals surface area contributed by atoms with Gasteiger partial charge in [-0.15, -0.1) is 0 Å². The van der Waals surface area contributed by atoms with Gasteiger partial charge in [-0.2, -0.15) is 0 Å². The minimum Gasteiger partial charge on any atom is -0.326 e. The second kappa shape index (κ2) is 6.38. The van der Waals surface area contributed by atoms with Gasteiger partial charge in [0.2, 0.25) is 0 Å². The van der Waals surface area contributed by atoms with Crippen molar-refractivity contribution in [3.8, 4) is 0 Å². The molecule has 2 nitrogen and oxygen atoms in total. The van der Waals surface area contributed by atoms with Crippen LogP contribution in [0.4, 0.5) is 0 Å². The highest BCUT2D eigenvalue weighted by atomic mass is 15.1. The van der Waals surface area contributed by atoms with Gasteiger partial charge in [-0.25, -0.2) is 0 Å². The summed E-state index contributed by atoms with van der Waals surface area (Å²) < 4.78 is 0. The van der Waals surface area contributed by atoms with Crippen LogP contribution in [0, 0.1) is 11.3 Å². The van der Waals surface area contributed by atoms with E-state index in [1.807, 2.05) is 0 Å². The molecule has 1 saturated carbocycles. The molecule has 0 aromatic heterocycles. The van der Waals surface area contributed by atoms with E-state index < -0.39 is 0 Å². The van der Waals surface area contributed by atoms with E-state index >= 15 is 0 Å². The summed E-state index contributed by atoms with van der Waals surface area (Å²) in [5, 5.41) is 0. The first-order chi connectivity index (χ1) is 8.69. The third-order valence-corrected chi connectivity index (χ3v) is 5.89. The van der Waals surface area contributed by atoms with E-state index in [0.717, 1.165) is 12.5 Å². The van der Waals surface area contributed by atoms with Gasteiger partial charge in [-0.05, 0) is 50.1 Å². The normalized spacial score (nSPS) is 27.5. The molecule has 1 aliphatic carbocycles. The molecule has 0 amide bonds. The SMILES string of the molecule is CCC1(CC)CCN(CC(N)C2CCCC2)CC1. The summed E-state index contributed by atoms with van der Waals surface area (Å²) in [4.78, 5) is 2.63. The van der Waals surface area contributed by atoms with Gasteiger partial charge in [0.1, 0.15) is 0 Å². The highest BCUT2D eigenvalue weighted by molar-refractivity contribution is 4.87. The van der Waals surface area contributed by atoms with Crippen LogP contribution in [0.1, 0.15) is 65.2 Å². The van der Waals surface area contributed by atoms with Crippen molar-refractivity contribution in [3.05, 3.63) is 0 Å². The lowest BCUT2D eigenvalue weighted by atomic mass is 9.74. The Morgan fingerprint density at radius 3 is 2.17 bits per heavy atom. The zero-order valence-corrected chi connectivity index (χ0v) is 12.5. The third kappa shape index (κ3) is 3.27. The van der Waals surface area contributed by atoms with Crippen LogP contribution in [-0.4, -0.2) is 30.6 Å². The van der Waals surface area contributed by atoms with Crippen molar-refractivity contribution in [2.45, 2.75) is 71.3 Å². The minimum atomic E-state index is 0.434. The predicted octanol–water partition coefficient (Wildman–Crippen LogP) is 3.41. The van der Waals surface area contributed by atoms with E-state index in [2.05, 4.69) is 18.7 Å². The molecule has 1 unspecified atom stereocenters. The molecule has 0 radical (unpaired) electrons. The average Bonchev–Trinajstić information content (AvgIpc) is 2.94. The van der Waals surface area contributed by atoms with Crippen LogP contribution in [0.3, 0.4) is 0 Å². The maximum atomic E-state index is 6.40. The molecule has 2 fully saturated rings. The lowest BCUT2D eigenvalue weighted by molar-refractivity contribution is 0.0868. The molecule has 1 atom stereocenters. The zero-order chi connectivity index (χ0) is 13.0. The lowest BCUT2D eigenvalue weighted by Crippen LogP contribution is -2.47. The van der Waals surface area contributed by atoms with Crippen LogP contribution in [0.5, 0.6) is 0 Å². The molecular formula is C16H32N2. The molecule has 0 bridgehead atoms. The standard InChI is InChI=1S/C16H32N2/c1-3-16(4-2)9-11-18(12-10-16)13-15(17)14-7-5-6-8-14/h14-15H,3-13,17H2,1-2H3. The van der Waals surface area contributed by atoms with Gasteiger partial charge in [-0.3, -0.25) is 0 Å². The van der Waals surface area contributed by atoms with E-state index in [1.54, 1.807) is 0 Å². The summed E-state index contributed by atoms with van der Waals surface area (Å²) in [5.41, 5.74) is 7.05. The van der Waals surface area contributed by atoms with Gasteiger partial charge >= 0.3 is 0 Å². The second-order valence-electron chi connectivity index (χ2n) is 6.72. The fraction of sp³-hybridized carbons (Fsp3) is 1.00. The molecule has 106 valence electrons. The molecule has 2 rings (SSSR count). The lowest BCUT2D eigenvalue weighted by Gasteiger charge is -2.42. The molecule has 18 heavy (non-hydrogen) atoms. The van der Waals surface area contributed by atoms with Gasteiger partial charge in [-0.1, -0.05) is 39.5 Å². The fourth-order valence-electron chi connectivity index (χ4n) is 4.00. The Morgan fingerprint density at radius 1 is 1.11 bits per heavy atom. The summed E-state index contributed by atoms with van der Waals surface area (Å²) in [7, 11) is 0. The molecule has 0 aromatic carbocycles. The molecule has 2 heteroatoms. The number of nitrogens with zero attached hydrogens (tertiary/aromatic N) is 1. The quantitative estimate of drug-likeness (QED) is 0.812. The van der Waals surface area contributed by atoms with Crippen LogP contribution >= 0.6 is 0 Å². The first-order valence-electron chi connectivity index (χ1n) is 8.17. The molecule has 1 heterocycles. The summed E-state index contributed by atoms with van der Waals surface area (Å²) in [5.74, 6) is 0.814. The molecule has 0 spiro atoms. The van der Waals surface area contributed by atoms with E-state index in [4.69, 9.17) is 5.73 Å². The first kappa shape index (κ1) is 14.3. The molecule has 2 aliphatic rings. The van der Waals surface area contributed by atoms with Crippen molar-refractivity contribution >= 4 is 0 Å². The topological polar surface area (TPSA) is 29.3 Å². The van der Waals surface area contributed by atoms with Crippen molar-refractivity contribution in [3.63, 3.8) is 0 Å².